The van der Waals surface area contributed by atoms with Crippen molar-refractivity contribution in [1.29, 1.82) is 0 Å². The molecule has 1 amide bonds. The average molecular weight is 430 g/mol. The van der Waals surface area contributed by atoms with Gasteiger partial charge in [-0.2, -0.15) is 0 Å². The minimum atomic E-state index is -3.89. The normalized spacial score (nSPS) is 11.2. The van der Waals surface area contributed by atoms with Crippen LogP contribution in [0.25, 0.3) is 0 Å². The van der Waals surface area contributed by atoms with E-state index in [4.69, 9.17) is 11.6 Å². The second kappa shape index (κ2) is 9.17. The van der Waals surface area contributed by atoms with Crippen LogP contribution >= 0.6 is 11.6 Å². The third-order valence-electron chi connectivity index (χ3n) is 4.29. The molecule has 0 aliphatic heterocycles. The van der Waals surface area contributed by atoms with E-state index in [2.05, 4.69) is 9.71 Å². The van der Waals surface area contributed by atoms with Crippen molar-refractivity contribution < 1.29 is 13.2 Å². The molecular formula is C21H20ClN3O3S. The van der Waals surface area contributed by atoms with Gasteiger partial charge in [0.05, 0.1) is 5.02 Å². The Balaban J connectivity index is 1.78. The van der Waals surface area contributed by atoms with Crippen molar-refractivity contribution >= 4 is 27.5 Å². The first-order valence-electron chi connectivity index (χ1n) is 8.84. The Hall–Kier alpha value is -2.74. The van der Waals surface area contributed by atoms with E-state index in [1.807, 2.05) is 42.5 Å². The number of rotatable bonds is 7. The number of halogens is 1. The fraction of sp³-hybridized carbons (Fsp3) is 0.143. The molecule has 0 aliphatic rings. The summed E-state index contributed by atoms with van der Waals surface area (Å²) in [6.07, 6.45) is 3.30. The van der Waals surface area contributed by atoms with Crippen molar-refractivity contribution in [2.24, 2.45) is 0 Å². The molecule has 3 aromatic rings. The number of hydrogen-bond donors (Lipinski definition) is 1. The molecule has 1 N–H and O–H groups in total. The third kappa shape index (κ3) is 5.41. The summed E-state index contributed by atoms with van der Waals surface area (Å²) >= 11 is 6.13. The van der Waals surface area contributed by atoms with Crippen molar-refractivity contribution in [3.8, 4) is 0 Å². The highest BCUT2D eigenvalue weighted by Crippen LogP contribution is 2.24. The molecule has 150 valence electrons. The molecule has 0 bridgehead atoms. The van der Waals surface area contributed by atoms with E-state index in [1.54, 1.807) is 19.4 Å². The monoisotopic (exact) mass is 429 g/mol. The smallest absolute Gasteiger partial charge is 0.253 e. The van der Waals surface area contributed by atoms with Crippen LogP contribution in [0.15, 0.2) is 78.0 Å². The SMILES string of the molecule is CN(Cc1ccncc1)C(=O)c1ccc(Cl)c(S(=O)(=O)NCc2ccccc2)c1. The van der Waals surface area contributed by atoms with E-state index in [1.165, 1.54) is 23.1 Å². The molecule has 0 unspecified atom stereocenters. The maximum absolute atomic E-state index is 12.8. The van der Waals surface area contributed by atoms with Gasteiger partial charge in [-0.15, -0.1) is 0 Å². The van der Waals surface area contributed by atoms with E-state index in [9.17, 15) is 13.2 Å². The zero-order chi connectivity index (χ0) is 20.9. The number of nitrogens with zero attached hydrogens (tertiary/aromatic N) is 2. The first-order chi connectivity index (χ1) is 13.9. The molecule has 0 saturated heterocycles. The fourth-order valence-corrected chi connectivity index (χ4v) is 4.29. The van der Waals surface area contributed by atoms with Crippen molar-refractivity contribution in [2.45, 2.75) is 18.0 Å². The number of amides is 1. The first kappa shape index (κ1) is 21.0. The number of nitrogens with one attached hydrogen (secondary N) is 1. The molecule has 0 radical (unpaired) electrons. The van der Waals surface area contributed by atoms with E-state index in [0.29, 0.717) is 6.54 Å². The molecule has 29 heavy (non-hydrogen) atoms. The average Bonchev–Trinajstić information content (AvgIpc) is 2.73. The highest BCUT2D eigenvalue weighted by molar-refractivity contribution is 7.89. The molecule has 0 aliphatic carbocycles. The minimum absolute atomic E-state index is 0.0545. The molecule has 0 spiro atoms. The van der Waals surface area contributed by atoms with E-state index >= 15 is 0 Å². The van der Waals surface area contributed by atoms with Crippen molar-refractivity contribution in [3.63, 3.8) is 0 Å². The van der Waals surface area contributed by atoms with Gasteiger partial charge >= 0.3 is 0 Å². The predicted octanol–water partition coefficient (Wildman–Crippen LogP) is 3.49. The quantitative estimate of drug-likeness (QED) is 0.623. The minimum Gasteiger partial charge on any atom is -0.337 e. The fourth-order valence-electron chi connectivity index (χ4n) is 2.75. The predicted molar refractivity (Wildman–Crippen MR) is 112 cm³/mol. The molecule has 1 aromatic heterocycles. The Labute approximate surface area is 175 Å². The summed E-state index contributed by atoms with van der Waals surface area (Å²) in [5.74, 6) is -0.307. The second-order valence-corrected chi connectivity index (χ2v) is 8.61. The van der Waals surface area contributed by atoms with Gasteiger partial charge in [0, 0.05) is 38.1 Å². The molecule has 1 heterocycles. The number of aromatic nitrogens is 1. The molecule has 3 rings (SSSR count). The first-order valence-corrected chi connectivity index (χ1v) is 10.7. The van der Waals surface area contributed by atoms with Gasteiger partial charge in [0.15, 0.2) is 0 Å². The Bertz CT molecular complexity index is 1090. The van der Waals surface area contributed by atoms with Crippen LogP contribution in [0.1, 0.15) is 21.5 Å². The summed E-state index contributed by atoms with van der Waals surface area (Å²) in [6.45, 7) is 0.498. The van der Waals surface area contributed by atoms with Crippen LogP contribution in [0, 0.1) is 0 Å². The number of carbonyl (C=O) groups excluding carboxylic acids is 1. The lowest BCUT2D eigenvalue weighted by molar-refractivity contribution is 0.0785. The van der Waals surface area contributed by atoms with Gasteiger partial charge in [-0.3, -0.25) is 9.78 Å². The lowest BCUT2D eigenvalue weighted by Crippen LogP contribution is -2.27. The summed E-state index contributed by atoms with van der Waals surface area (Å²) in [5, 5.41) is 0.0545. The Morgan fingerprint density at radius 1 is 1.03 bits per heavy atom. The van der Waals surface area contributed by atoms with Gasteiger partial charge in [-0.1, -0.05) is 41.9 Å². The summed E-state index contributed by atoms with van der Waals surface area (Å²) in [6, 6.07) is 17.0. The molecule has 8 heteroatoms. The topological polar surface area (TPSA) is 79.4 Å². The maximum Gasteiger partial charge on any atom is 0.253 e. The largest absolute Gasteiger partial charge is 0.337 e. The zero-order valence-corrected chi connectivity index (χ0v) is 17.3. The van der Waals surface area contributed by atoms with Gasteiger partial charge in [-0.05, 0) is 41.5 Å². The van der Waals surface area contributed by atoms with Crippen LogP contribution in [0.5, 0.6) is 0 Å². The highest BCUT2D eigenvalue weighted by atomic mass is 35.5. The molecule has 0 saturated carbocycles. The molecular weight excluding hydrogens is 410 g/mol. The highest BCUT2D eigenvalue weighted by Gasteiger charge is 2.21. The number of sulfonamides is 1. The van der Waals surface area contributed by atoms with Crippen LogP contribution in [-0.4, -0.2) is 31.3 Å². The second-order valence-electron chi connectivity index (χ2n) is 6.47. The lowest BCUT2D eigenvalue weighted by Gasteiger charge is -2.18. The summed E-state index contributed by atoms with van der Waals surface area (Å²) in [7, 11) is -2.24. The van der Waals surface area contributed by atoms with E-state index in [0.717, 1.165) is 11.1 Å². The molecule has 0 atom stereocenters. The number of pyridine rings is 1. The number of benzene rings is 2. The van der Waals surface area contributed by atoms with Gasteiger partial charge in [0.1, 0.15) is 4.90 Å². The van der Waals surface area contributed by atoms with Crippen molar-refractivity contribution in [1.82, 2.24) is 14.6 Å². The third-order valence-corrected chi connectivity index (χ3v) is 6.18. The van der Waals surface area contributed by atoms with Crippen LogP contribution in [0.3, 0.4) is 0 Å². The van der Waals surface area contributed by atoms with Crippen LogP contribution < -0.4 is 4.72 Å². The van der Waals surface area contributed by atoms with Crippen LogP contribution in [0.4, 0.5) is 0 Å². The maximum atomic E-state index is 12.8. The number of carbonyl (C=O) groups is 1. The van der Waals surface area contributed by atoms with Crippen LogP contribution in [-0.2, 0) is 23.1 Å². The Morgan fingerprint density at radius 3 is 2.41 bits per heavy atom. The molecule has 6 nitrogen and oxygen atoms in total. The Kier molecular flexibility index (Phi) is 6.64. The molecule has 2 aromatic carbocycles. The summed E-state index contributed by atoms with van der Waals surface area (Å²) in [4.78, 5) is 18.1. The number of hydrogen-bond acceptors (Lipinski definition) is 4. The van der Waals surface area contributed by atoms with Gasteiger partial charge in [0.2, 0.25) is 10.0 Å². The van der Waals surface area contributed by atoms with Crippen LogP contribution in [0.2, 0.25) is 5.02 Å². The van der Waals surface area contributed by atoms with E-state index in [-0.39, 0.29) is 27.9 Å². The van der Waals surface area contributed by atoms with Crippen molar-refractivity contribution in [3.05, 3.63) is 94.8 Å². The van der Waals surface area contributed by atoms with Gasteiger partial charge in [-0.25, -0.2) is 13.1 Å². The van der Waals surface area contributed by atoms with Gasteiger partial charge in [0.25, 0.3) is 5.91 Å². The lowest BCUT2D eigenvalue weighted by atomic mass is 10.2. The standard InChI is InChI=1S/C21H20ClN3O3S/c1-25(15-17-9-11-23-12-10-17)21(26)18-7-8-19(22)20(13-18)29(27,28)24-14-16-5-3-2-4-6-16/h2-13,24H,14-15H2,1H3. The summed E-state index contributed by atoms with van der Waals surface area (Å²) < 4.78 is 28.0. The Morgan fingerprint density at radius 2 is 1.72 bits per heavy atom. The summed E-state index contributed by atoms with van der Waals surface area (Å²) in [5.41, 5.74) is 1.98. The van der Waals surface area contributed by atoms with Gasteiger partial charge < -0.3 is 4.90 Å². The molecule has 0 fully saturated rings. The zero-order valence-electron chi connectivity index (χ0n) is 15.7. The van der Waals surface area contributed by atoms with Crippen molar-refractivity contribution in [2.75, 3.05) is 7.05 Å². The van der Waals surface area contributed by atoms with E-state index < -0.39 is 10.0 Å².